The fourth-order valence-corrected chi connectivity index (χ4v) is 5.81. The van der Waals surface area contributed by atoms with E-state index in [0.29, 0.717) is 41.2 Å². The molecule has 1 aromatic heterocycles. The average Bonchev–Trinajstić information content (AvgIpc) is 3.27. The minimum atomic E-state index is -0.342. The number of nitrogens with one attached hydrogen (secondary N) is 1. The van der Waals surface area contributed by atoms with Crippen LogP contribution < -0.4 is 14.8 Å². The summed E-state index contributed by atoms with van der Waals surface area (Å²) in [4.78, 5) is 18.1. The number of rotatable bonds is 7. The van der Waals surface area contributed by atoms with Gasteiger partial charge in [0.05, 0.1) is 4.70 Å². The number of hydrogen-bond donors (Lipinski definition) is 1. The van der Waals surface area contributed by atoms with Gasteiger partial charge >= 0.3 is 0 Å². The maximum atomic E-state index is 13.8. The van der Waals surface area contributed by atoms with Crippen molar-refractivity contribution >= 4 is 27.5 Å². The van der Waals surface area contributed by atoms with Crippen molar-refractivity contribution in [2.24, 2.45) is 0 Å². The summed E-state index contributed by atoms with van der Waals surface area (Å²) in [5.74, 6) is 1.14. The van der Waals surface area contributed by atoms with E-state index < -0.39 is 0 Å². The molecule has 6 nitrogen and oxygen atoms in total. The molecule has 2 saturated heterocycles. The standard InChI is InChI=1S/C24H26FN3O3S/c1-15(29)26-16-13-17-5-6-18(14-16)28(17)11-12-30-19-7-9-20(10-8-19)31-24-27-23-21(25)3-2-4-22(23)32-24/h2-4,7-10,16-18H,5-6,11-14H2,1H3,(H,26,29)/t16-,17+,18-. The van der Waals surface area contributed by atoms with Gasteiger partial charge in [-0.25, -0.2) is 4.39 Å². The predicted octanol–water partition coefficient (Wildman–Crippen LogP) is 4.74. The molecule has 3 heterocycles. The largest absolute Gasteiger partial charge is 0.492 e. The van der Waals surface area contributed by atoms with Crippen molar-refractivity contribution in [3.8, 4) is 16.7 Å². The SMILES string of the molecule is CC(=O)N[C@H]1C[C@H]2CC[C@@H](C1)N2CCOc1ccc(Oc2nc3c(F)cccc3s2)cc1. The lowest BCUT2D eigenvalue weighted by Gasteiger charge is -2.39. The predicted molar refractivity (Wildman–Crippen MR) is 122 cm³/mol. The summed E-state index contributed by atoms with van der Waals surface area (Å²) in [6, 6.07) is 13.7. The lowest BCUT2D eigenvalue weighted by atomic mass is 9.97. The summed E-state index contributed by atoms with van der Waals surface area (Å²) in [5.41, 5.74) is 0.336. The smallest absolute Gasteiger partial charge is 0.279 e. The Hall–Kier alpha value is -2.71. The lowest BCUT2D eigenvalue weighted by molar-refractivity contribution is -0.120. The van der Waals surface area contributed by atoms with Gasteiger partial charge in [0.15, 0.2) is 0 Å². The van der Waals surface area contributed by atoms with Crippen LogP contribution in [0.2, 0.25) is 0 Å². The maximum absolute atomic E-state index is 13.8. The van der Waals surface area contributed by atoms with E-state index in [2.05, 4.69) is 15.2 Å². The topological polar surface area (TPSA) is 63.7 Å². The molecule has 0 saturated carbocycles. The van der Waals surface area contributed by atoms with Crippen molar-refractivity contribution in [2.75, 3.05) is 13.2 Å². The van der Waals surface area contributed by atoms with E-state index in [0.717, 1.165) is 29.8 Å². The van der Waals surface area contributed by atoms with Gasteiger partial charge in [0.2, 0.25) is 5.91 Å². The first-order valence-corrected chi connectivity index (χ1v) is 11.9. The van der Waals surface area contributed by atoms with E-state index >= 15 is 0 Å². The minimum absolute atomic E-state index is 0.0638. The van der Waals surface area contributed by atoms with Crippen molar-refractivity contribution in [3.63, 3.8) is 0 Å². The number of ether oxygens (including phenoxy) is 2. The molecular formula is C24H26FN3O3S. The molecule has 3 aromatic rings. The first-order valence-electron chi connectivity index (χ1n) is 11.0. The van der Waals surface area contributed by atoms with E-state index in [9.17, 15) is 9.18 Å². The highest BCUT2D eigenvalue weighted by Crippen LogP contribution is 2.36. The van der Waals surface area contributed by atoms with Crippen LogP contribution in [0, 0.1) is 5.82 Å². The second kappa shape index (κ2) is 9.03. The molecule has 2 bridgehead atoms. The van der Waals surface area contributed by atoms with Crippen LogP contribution in [-0.2, 0) is 4.79 Å². The zero-order valence-electron chi connectivity index (χ0n) is 17.9. The minimum Gasteiger partial charge on any atom is -0.492 e. The molecule has 32 heavy (non-hydrogen) atoms. The van der Waals surface area contributed by atoms with Crippen molar-refractivity contribution in [3.05, 3.63) is 48.3 Å². The monoisotopic (exact) mass is 455 g/mol. The van der Waals surface area contributed by atoms with Gasteiger partial charge in [-0.1, -0.05) is 17.4 Å². The zero-order valence-corrected chi connectivity index (χ0v) is 18.7. The van der Waals surface area contributed by atoms with E-state index in [4.69, 9.17) is 9.47 Å². The second-order valence-electron chi connectivity index (χ2n) is 8.48. The highest BCUT2D eigenvalue weighted by atomic mass is 32.1. The third-order valence-corrected chi connectivity index (χ3v) is 7.19. The number of fused-ring (bicyclic) bond motifs is 3. The molecule has 3 atom stereocenters. The second-order valence-corrected chi connectivity index (χ2v) is 9.47. The zero-order chi connectivity index (χ0) is 22.1. The van der Waals surface area contributed by atoms with E-state index in [1.807, 2.05) is 30.3 Å². The molecule has 168 valence electrons. The molecule has 2 aliphatic heterocycles. The summed E-state index contributed by atoms with van der Waals surface area (Å²) in [6.45, 7) is 3.10. The molecule has 0 aliphatic carbocycles. The van der Waals surface area contributed by atoms with Crippen LogP contribution in [0.4, 0.5) is 4.39 Å². The fraction of sp³-hybridized carbons (Fsp3) is 0.417. The van der Waals surface area contributed by atoms with Gasteiger partial charge in [0.1, 0.15) is 29.4 Å². The van der Waals surface area contributed by atoms with Gasteiger partial charge < -0.3 is 14.8 Å². The van der Waals surface area contributed by atoms with Crippen molar-refractivity contribution in [2.45, 2.75) is 50.7 Å². The lowest BCUT2D eigenvalue weighted by Crippen LogP contribution is -2.51. The number of carbonyl (C=O) groups excluding carboxylic acids is 1. The van der Waals surface area contributed by atoms with Crippen LogP contribution >= 0.6 is 11.3 Å². The highest BCUT2D eigenvalue weighted by molar-refractivity contribution is 7.20. The van der Waals surface area contributed by atoms with E-state index in [-0.39, 0.29) is 11.7 Å². The van der Waals surface area contributed by atoms with Gasteiger partial charge in [-0.2, -0.15) is 4.98 Å². The summed E-state index contributed by atoms with van der Waals surface area (Å²) in [6.07, 6.45) is 4.44. The molecule has 2 aromatic carbocycles. The van der Waals surface area contributed by atoms with Crippen LogP contribution in [-0.4, -0.2) is 47.1 Å². The molecule has 0 radical (unpaired) electrons. The molecule has 8 heteroatoms. The first kappa shape index (κ1) is 21.2. The third kappa shape index (κ3) is 4.56. The van der Waals surface area contributed by atoms with Gasteiger partial charge in [0, 0.05) is 31.6 Å². The number of nitrogens with zero attached hydrogens (tertiary/aromatic N) is 2. The van der Waals surface area contributed by atoms with Gasteiger partial charge in [-0.3, -0.25) is 9.69 Å². The molecule has 0 spiro atoms. The van der Waals surface area contributed by atoms with Gasteiger partial charge in [0.25, 0.3) is 5.19 Å². The van der Waals surface area contributed by atoms with Gasteiger partial charge in [-0.15, -0.1) is 0 Å². The summed E-state index contributed by atoms with van der Waals surface area (Å²) >= 11 is 1.32. The number of hydrogen-bond acceptors (Lipinski definition) is 6. The molecule has 1 N–H and O–H groups in total. The maximum Gasteiger partial charge on any atom is 0.279 e. The molecule has 2 aliphatic rings. The normalized spacial score (nSPS) is 22.8. The molecule has 1 amide bonds. The number of benzene rings is 2. The van der Waals surface area contributed by atoms with Gasteiger partial charge in [-0.05, 0) is 62.1 Å². The summed E-state index contributed by atoms with van der Waals surface area (Å²) in [7, 11) is 0. The Morgan fingerprint density at radius 1 is 1.16 bits per heavy atom. The molecule has 5 rings (SSSR count). The van der Waals surface area contributed by atoms with Crippen LogP contribution in [0.25, 0.3) is 10.2 Å². The summed E-state index contributed by atoms with van der Waals surface area (Å²) < 4.78 is 26.3. The Balaban J connectivity index is 1.12. The number of amides is 1. The summed E-state index contributed by atoms with van der Waals surface area (Å²) in [5, 5.41) is 3.50. The number of aromatic nitrogens is 1. The third-order valence-electron chi connectivity index (χ3n) is 6.29. The fourth-order valence-electron chi connectivity index (χ4n) is 4.96. The number of thiazole rings is 1. The van der Waals surface area contributed by atoms with Crippen LogP contribution in [0.1, 0.15) is 32.6 Å². The Morgan fingerprint density at radius 3 is 2.56 bits per heavy atom. The Morgan fingerprint density at radius 2 is 1.88 bits per heavy atom. The van der Waals surface area contributed by atoms with E-state index in [1.54, 1.807) is 13.0 Å². The van der Waals surface area contributed by atoms with E-state index in [1.165, 1.54) is 30.2 Å². The number of carbonyl (C=O) groups is 1. The highest BCUT2D eigenvalue weighted by Gasteiger charge is 2.40. The average molecular weight is 456 g/mol. The molecular weight excluding hydrogens is 429 g/mol. The number of para-hydroxylation sites is 1. The Kier molecular flexibility index (Phi) is 5.97. The first-order chi connectivity index (χ1) is 15.5. The number of halogens is 1. The van der Waals surface area contributed by atoms with Crippen LogP contribution in [0.5, 0.6) is 16.7 Å². The Labute approximate surface area is 190 Å². The van der Waals surface area contributed by atoms with Crippen molar-refractivity contribution in [1.82, 2.24) is 15.2 Å². The molecule has 2 fully saturated rings. The van der Waals surface area contributed by atoms with Crippen LogP contribution in [0.3, 0.4) is 0 Å². The quantitative estimate of drug-likeness (QED) is 0.558. The number of piperidine rings is 1. The van der Waals surface area contributed by atoms with Crippen molar-refractivity contribution < 1.29 is 18.7 Å². The van der Waals surface area contributed by atoms with Crippen molar-refractivity contribution in [1.29, 1.82) is 0 Å². The Bertz CT molecular complexity index is 1090. The van der Waals surface area contributed by atoms with Crippen LogP contribution in [0.15, 0.2) is 42.5 Å². The molecule has 0 unspecified atom stereocenters.